The second-order valence-corrected chi connectivity index (χ2v) is 9.77. The third-order valence-electron chi connectivity index (χ3n) is 7.25. The predicted molar refractivity (Wildman–Crippen MR) is 141 cm³/mol. The summed E-state index contributed by atoms with van der Waals surface area (Å²) in [6, 6.07) is 6.57. The molecule has 35 heavy (non-hydrogen) atoms. The molecule has 2 heterocycles. The summed E-state index contributed by atoms with van der Waals surface area (Å²) < 4.78 is 1.78. The minimum atomic E-state index is -0.173. The largest absolute Gasteiger partial charge is 0.369 e. The Morgan fingerprint density at radius 2 is 1.89 bits per heavy atom. The molecule has 0 spiro atoms. The Labute approximate surface area is 207 Å². The van der Waals surface area contributed by atoms with Crippen molar-refractivity contribution in [2.45, 2.75) is 72.4 Å². The number of nitrogens with one attached hydrogen (secondary N) is 2. The van der Waals surface area contributed by atoms with Crippen LogP contribution in [-0.4, -0.2) is 33.3 Å². The van der Waals surface area contributed by atoms with Crippen LogP contribution in [0.25, 0.3) is 11.1 Å². The van der Waals surface area contributed by atoms with Crippen molar-refractivity contribution in [3.8, 4) is 11.1 Å². The topological polar surface area (TPSA) is 83.0 Å². The lowest BCUT2D eigenvalue weighted by molar-refractivity contribution is 0.0950. The molecule has 1 aliphatic rings. The number of carbonyl (C=O) groups excluding carboxylic acids is 1. The van der Waals surface area contributed by atoms with E-state index in [-0.39, 0.29) is 18.0 Å². The van der Waals surface area contributed by atoms with Crippen molar-refractivity contribution in [2.24, 2.45) is 7.05 Å². The Kier molecular flexibility index (Phi) is 7.43. The molecule has 186 valence electrons. The number of rotatable bonds is 7. The average molecular weight is 476 g/mol. The van der Waals surface area contributed by atoms with Gasteiger partial charge >= 0.3 is 0 Å². The van der Waals surface area contributed by atoms with Gasteiger partial charge in [-0.05, 0) is 75.4 Å². The lowest BCUT2D eigenvalue weighted by atomic mass is 9.92. The number of anilines is 1. The van der Waals surface area contributed by atoms with Gasteiger partial charge in [0.05, 0.1) is 6.20 Å². The van der Waals surface area contributed by atoms with Gasteiger partial charge in [0.1, 0.15) is 0 Å². The number of amides is 1. The smallest absolute Gasteiger partial charge is 0.253 e. The zero-order valence-electron chi connectivity index (χ0n) is 21.6. The summed E-state index contributed by atoms with van der Waals surface area (Å²) in [4.78, 5) is 31.3. The summed E-state index contributed by atoms with van der Waals surface area (Å²) in [6.45, 7) is 9.06. The molecule has 1 amide bonds. The Hall–Kier alpha value is -3.35. The first-order chi connectivity index (χ1) is 16.8. The molecule has 1 saturated carbocycles. The first-order valence-corrected chi connectivity index (χ1v) is 12.7. The Morgan fingerprint density at radius 1 is 1.14 bits per heavy atom. The fraction of sp³-hybridized carbons (Fsp3) is 0.464. The van der Waals surface area contributed by atoms with Gasteiger partial charge in [-0.3, -0.25) is 14.3 Å². The van der Waals surface area contributed by atoms with Gasteiger partial charge in [-0.1, -0.05) is 19.3 Å². The summed E-state index contributed by atoms with van der Waals surface area (Å²) in [7, 11) is 1.90. The summed E-state index contributed by atoms with van der Waals surface area (Å²) >= 11 is 0. The zero-order chi connectivity index (χ0) is 25.1. The van der Waals surface area contributed by atoms with Crippen LogP contribution in [-0.2, 0) is 13.6 Å². The molecule has 0 bridgehead atoms. The molecule has 2 N–H and O–H groups in total. The number of H-pyrrole nitrogens is 1. The quantitative estimate of drug-likeness (QED) is 0.515. The lowest BCUT2D eigenvalue weighted by Gasteiger charge is -2.37. The zero-order valence-corrected chi connectivity index (χ0v) is 21.6. The first kappa shape index (κ1) is 24.8. The molecule has 0 unspecified atom stereocenters. The van der Waals surface area contributed by atoms with Gasteiger partial charge in [0.25, 0.3) is 11.5 Å². The Balaban J connectivity index is 1.71. The Morgan fingerprint density at radius 3 is 2.51 bits per heavy atom. The third kappa shape index (κ3) is 5.34. The van der Waals surface area contributed by atoms with Gasteiger partial charge in [-0.25, -0.2) is 0 Å². The molecule has 0 saturated heterocycles. The second-order valence-electron chi connectivity index (χ2n) is 9.77. The predicted octanol–water partition coefficient (Wildman–Crippen LogP) is 4.79. The van der Waals surface area contributed by atoms with Crippen LogP contribution in [0.4, 0.5) is 5.69 Å². The van der Waals surface area contributed by atoms with Crippen molar-refractivity contribution in [1.82, 2.24) is 20.1 Å². The van der Waals surface area contributed by atoms with Crippen LogP contribution in [0.1, 0.15) is 71.8 Å². The highest BCUT2D eigenvalue weighted by atomic mass is 16.1. The molecule has 4 rings (SSSR count). The molecule has 1 aromatic carbocycles. The molecule has 3 aromatic rings. The van der Waals surface area contributed by atoms with Gasteiger partial charge in [-0.15, -0.1) is 0 Å². The van der Waals surface area contributed by atoms with Gasteiger partial charge in [0.15, 0.2) is 0 Å². The maximum absolute atomic E-state index is 13.5. The van der Waals surface area contributed by atoms with Crippen LogP contribution in [0.2, 0.25) is 0 Å². The van der Waals surface area contributed by atoms with Crippen LogP contribution in [0.15, 0.2) is 35.4 Å². The van der Waals surface area contributed by atoms with E-state index >= 15 is 0 Å². The van der Waals surface area contributed by atoms with E-state index in [1.54, 1.807) is 4.68 Å². The Bertz CT molecular complexity index is 1270. The minimum absolute atomic E-state index is 0.154. The number of hydrogen-bond donors (Lipinski definition) is 2. The van der Waals surface area contributed by atoms with E-state index in [9.17, 15) is 9.59 Å². The molecule has 0 aliphatic heterocycles. The van der Waals surface area contributed by atoms with Crippen molar-refractivity contribution in [3.63, 3.8) is 0 Å². The fourth-order valence-electron chi connectivity index (χ4n) is 5.35. The van der Waals surface area contributed by atoms with Gasteiger partial charge in [0.2, 0.25) is 0 Å². The number of aryl methyl sites for hydroxylation is 3. The van der Waals surface area contributed by atoms with Crippen molar-refractivity contribution in [1.29, 1.82) is 0 Å². The normalized spacial score (nSPS) is 14.2. The van der Waals surface area contributed by atoms with E-state index in [0.29, 0.717) is 17.2 Å². The van der Waals surface area contributed by atoms with Crippen molar-refractivity contribution in [3.05, 3.63) is 68.9 Å². The fourth-order valence-corrected chi connectivity index (χ4v) is 5.35. The summed E-state index contributed by atoms with van der Waals surface area (Å²) in [5.74, 6) is -0.173. The van der Waals surface area contributed by atoms with Crippen LogP contribution in [0, 0.1) is 20.8 Å². The lowest BCUT2D eigenvalue weighted by Crippen LogP contribution is -2.37. The van der Waals surface area contributed by atoms with E-state index in [4.69, 9.17) is 0 Å². The van der Waals surface area contributed by atoms with Crippen LogP contribution >= 0.6 is 0 Å². The maximum atomic E-state index is 13.5. The van der Waals surface area contributed by atoms with Crippen molar-refractivity contribution in [2.75, 3.05) is 11.4 Å². The highest BCUT2D eigenvalue weighted by molar-refractivity contribution is 5.98. The van der Waals surface area contributed by atoms with Crippen molar-refractivity contribution >= 4 is 11.6 Å². The van der Waals surface area contributed by atoms with Crippen LogP contribution in [0.3, 0.4) is 0 Å². The van der Waals surface area contributed by atoms with E-state index in [0.717, 1.165) is 40.2 Å². The highest BCUT2D eigenvalue weighted by Gasteiger charge is 2.25. The first-order valence-electron chi connectivity index (χ1n) is 12.7. The standard InChI is InChI=1S/C28H37N5O2/c1-6-33(23-10-8-7-9-11-23)26-14-21(22-15-30-32(5)17-22)13-24(20(26)4)27(34)29-16-25-18(2)12-19(3)31-28(25)35/h12-15,17,23H,6-11,16H2,1-5H3,(H,29,34)(H,31,35). The molecular formula is C28H37N5O2. The summed E-state index contributed by atoms with van der Waals surface area (Å²) in [5, 5.41) is 7.35. The van der Waals surface area contributed by atoms with E-state index in [2.05, 4.69) is 33.3 Å². The third-order valence-corrected chi connectivity index (χ3v) is 7.25. The molecule has 7 heteroatoms. The molecule has 1 fully saturated rings. The van der Waals surface area contributed by atoms with E-state index in [1.807, 2.05) is 52.3 Å². The number of pyridine rings is 1. The molecule has 0 atom stereocenters. The van der Waals surface area contributed by atoms with Gasteiger partial charge in [0, 0.05) is 60.4 Å². The summed E-state index contributed by atoms with van der Waals surface area (Å²) in [5.41, 5.74) is 6.79. The molecule has 7 nitrogen and oxygen atoms in total. The molecule has 0 radical (unpaired) electrons. The van der Waals surface area contributed by atoms with Crippen LogP contribution in [0.5, 0.6) is 0 Å². The van der Waals surface area contributed by atoms with E-state index in [1.165, 1.54) is 32.1 Å². The number of aromatic amines is 1. The van der Waals surface area contributed by atoms with Crippen LogP contribution < -0.4 is 15.8 Å². The maximum Gasteiger partial charge on any atom is 0.253 e. The van der Waals surface area contributed by atoms with Crippen molar-refractivity contribution < 1.29 is 4.79 Å². The number of carbonyl (C=O) groups is 1. The van der Waals surface area contributed by atoms with Gasteiger partial charge in [-0.2, -0.15) is 5.10 Å². The minimum Gasteiger partial charge on any atom is -0.369 e. The average Bonchev–Trinajstić information content (AvgIpc) is 3.26. The molecule has 2 aromatic heterocycles. The highest BCUT2D eigenvalue weighted by Crippen LogP contribution is 2.35. The number of nitrogens with zero attached hydrogens (tertiary/aromatic N) is 3. The van der Waals surface area contributed by atoms with E-state index < -0.39 is 0 Å². The molecular weight excluding hydrogens is 438 g/mol. The summed E-state index contributed by atoms with van der Waals surface area (Å²) in [6.07, 6.45) is 9.97. The molecule has 1 aliphatic carbocycles. The van der Waals surface area contributed by atoms with Gasteiger partial charge < -0.3 is 15.2 Å². The SMILES string of the molecule is CCN(c1cc(-c2cnn(C)c2)cc(C(=O)NCc2c(C)cc(C)[nH]c2=O)c1C)C1CCCCC1. The second kappa shape index (κ2) is 10.5. The number of hydrogen-bond acceptors (Lipinski definition) is 4. The number of benzene rings is 1. The monoisotopic (exact) mass is 475 g/mol. The number of aromatic nitrogens is 3.